The molecule has 8 N–H and O–H groups in total. The van der Waals surface area contributed by atoms with Crippen molar-refractivity contribution in [2.75, 3.05) is 20.8 Å². The molecule has 2 fully saturated rings. The second-order valence-electron chi connectivity index (χ2n) is 10.6. The van der Waals surface area contributed by atoms with E-state index in [1.165, 1.54) is 51.5 Å². The fourth-order valence-electron chi connectivity index (χ4n) is 5.18. The van der Waals surface area contributed by atoms with E-state index in [1.807, 2.05) is 0 Å². The summed E-state index contributed by atoms with van der Waals surface area (Å²) < 4.78 is 39.3. The van der Waals surface area contributed by atoms with Crippen LogP contribution in [0.2, 0.25) is 0 Å². The molecule has 10 unspecified atom stereocenters. The highest BCUT2D eigenvalue weighted by atomic mass is 16.8. The average Bonchev–Trinajstić information content (AvgIpc) is 3.02. The summed E-state index contributed by atoms with van der Waals surface area (Å²) in [5.41, 5.74) is -0.902. The van der Waals surface area contributed by atoms with E-state index in [-0.39, 0.29) is 39.5 Å². The van der Waals surface area contributed by atoms with Crippen LogP contribution >= 0.6 is 0 Å². The van der Waals surface area contributed by atoms with Crippen LogP contribution in [0.5, 0.6) is 28.7 Å². The Morgan fingerprint density at radius 1 is 0.822 bits per heavy atom. The molecular weight excluding hydrogens is 604 g/mol. The van der Waals surface area contributed by atoms with Crippen molar-refractivity contribution in [1.82, 2.24) is 0 Å². The number of aliphatic hydroxyl groups is 6. The summed E-state index contributed by atoms with van der Waals surface area (Å²) in [5, 5.41) is 82.8. The Morgan fingerprint density at radius 2 is 1.56 bits per heavy atom. The first-order valence-corrected chi connectivity index (χ1v) is 13.8. The normalized spacial score (nSPS) is 31.9. The number of aromatic hydroxyl groups is 2. The Labute approximate surface area is 254 Å². The summed E-state index contributed by atoms with van der Waals surface area (Å²) in [6.07, 6.45) is -16.4. The van der Waals surface area contributed by atoms with Crippen LogP contribution in [-0.4, -0.2) is 123 Å². The van der Waals surface area contributed by atoms with Crippen LogP contribution in [0.3, 0.4) is 0 Å². The molecule has 2 aliphatic heterocycles. The summed E-state index contributed by atoms with van der Waals surface area (Å²) >= 11 is 0. The third kappa shape index (κ3) is 5.99. The maximum Gasteiger partial charge on any atom is 0.239 e. The topological polar surface area (TPSA) is 247 Å². The standard InChI is InChI=1S/C29H34O16/c1-10-19(33)22(36)24(38)28(41-10)45-27-23(37)20(34)17(9-30)43-29(27)44-26-21(35)18-14(32)7-12(39-2)8-16(18)42-25(26)11-4-5-13(31)15(6-11)40-3/h4-8,10,17,19-20,22-24,27-34,36-38H,9H2,1-3H3. The van der Waals surface area contributed by atoms with E-state index >= 15 is 0 Å². The van der Waals surface area contributed by atoms with Gasteiger partial charge in [0.05, 0.1) is 26.9 Å². The van der Waals surface area contributed by atoms with Crippen LogP contribution in [-0.2, 0) is 14.2 Å². The molecule has 0 radical (unpaired) electrons. The lowest BCUT2D eigenvalue weighted by atomic mass is 9.97. The van der Waals surface area contributed by atoms with Gasteiger partial charge in [0.15, 0.2) is 29.7 Å². The fourth-order valence-corrected chi connectivity index (χ4v) is 5.18. The van der Waals surface area contributed by atoms with Gasteiger partial charge in [-0.25, -0.2) is 0 Å². The Kier molecular flexibility index (Phi) is 9.41. The summed E-state index contributed by atoms with van der Waals surface area (Å²) in [6, 6.07) is 6.48. The molecule has 5 rings (SSSR count). The molecular formula is C29H34O16. The van der Waals surface area contributed by atoms with Gasteiger partial charge in [-0.1, -0.05) is 0 Å². The van der Waals surface area contributed by atoms with Gasteiger partial charge in [0.25, 0.3) is 0 Å². The summed E-state index contributed by atoms with van der Waals surface area (Å²) in [7, 11) is 2.64. The van der Waals surface area contributed by atoms with E-state index in [2.05, 4.69) is 0 Å². The number of ether oxygens (including phenoxy) is 6. The largest absolute Gasteiger partial charge is 0.507 e. The molecule has 2 aliphatic rings. The summed E-state index contributed by atoms with van der Waals surface area (Å²) in [4.78, 5) is 14.0. The van der Waals surface area contributed by atoms with E-state index < -0.39 is 84.9 Å². The Balaban J connectivity index is 1.64. The minimum absolute atomic E-state index is 0.00185. The lowest BCUT2D eigenvalue weighted by molar-refractivity contribution is -0.354. The molecule has 0 amide bonds. The monoisotopic (exact) mass is 638 g/mol. The van der Waals surface area contributed by atoms with Crippen LogP contribution in [0.15, 0.2) is 39.5 Å². The molecule has 0 aliphatic carbocycles. The van der Waals surface area contributed by atoms with Gasteiger partial charge in [-0.2, -0.15) is 0 Å². The zero-order valence-electron chi connectivity index (χ0n) is 24.2. The smallest absolute Gasteiger partial charge is 0.239 e. The van der Waals surface area contributed by atoms with E-state index in [4.69, 9.17) is 32.8 Å². The number of hydrogen-bond acceptors (Lipinski definition) is 16. The van der Waals surface area contributed by atoms with Gasteiger partial charge in [0, 0.05) is 17.7 Å². The van der Waals surface area contributed by atoms with Crippen LogP contribution in [0.1, 0.15) is 6.92 Å². The van der Waals surface area contributed by atoms with E-state index in [9.17, 15) is 45.6 Å². The summed E-state index contributed by atoms with van der Waals surface area (Å²) in [6.45, 7) is 0.596. The molecule has 246 valence electrons. The quantitative estimate of drug-likeness (QED) is 0.146. The fraction of sp³-hybridized carbons (Fsp3) is 0.483. The van der Waals surface area contributed by atoms with Crippen LogP contribution in [0, 0.1) is 0 Å². The number of phenolic OH excluding ortho intramolecular Hbond substituents is 2. The molecule has 3 aromatic rings. The number of hydrogen-bond donors (Lipinski definition) is 8. The number of fused-ring (bicyclic) bond motifs is 1. The molecule has 2 aromatic carbocycles. The Hall–Kier alpha value is -3.71. The minimum Gasteiger partial charge on any atom is -0.507 e. The third-order valence-electron chi connectivity index (χ3n) is 7.74. The van der Waals surface area contributed by atoms with Crippen LogP contribution < -0.4 is 19.6 Å². The number of methoxy groups -OCH3 is 2. The van der Waals surface area contributed by atoms with Gasteiger partial charge in [-0.05, 0) is 25.1 Å². The third-order valence-corrected chi connectivity index (χ3v) is 7.74. The molecule has 0 saturated carbocycles. The van der Waals surface area contributed by atoms with Gasteiger partial charge in [-0.3, -0.25) is 4.79 Å². The number of rotatable bonds is 8. The van der Waals surface area contributed by atoms with Crippen LogP contribution in [0.25, 0.3) is 22.3 Å². The van der Waals surface area contributed by atoms with Gasteiger partial charge < -0.3 is 73.7 Å². The van der Waals surface area contributed by atoms with Crippen molar-refractivity contribution >= 4 is 11.0 Å². The lowest BCUT2D eigenvalue weighted by Gasteiger charge is -2.45. The number of aliphatic hydroxyl groups excluding tert-OH is 6. The first-order chi connectivity index (χ1) is 21.4. The van der Waals surface area contributed by atoms with E-state index in [1.54, 1.807) is 0 Å². The minimum atomic E-state index is -1.88. The Bertz CT molecular complexity index is 1570. The SMILES string of the molecule is COc1cc(O)c2c(=O)c(OC3OC(CO)C(O)C(O)C3OC3OC(C)C(O)C(O)C3O)c(-c3ccc(O)c(OC)c3)oc2c1. The Morgan fingerprint density at radius 3 is 2.22 bits per heavy atom. The van der Waals surface area contributed by atoms with E-state index in [0.29, 0.717) is 0 Å². The zero-order chi connectivity index (χ0) is 32.7. The van der Waals surface area contributed by atoms with Crippen molar-refractivity contribution in [3.8, 4) is 40.1 Å². The predicted octanol–water partition coefficient (Wildman–Crippen LogP) is -1.08. The molecule has 10 atom stereocenters. The van der Waals surface area contributed by atoms with Crippen molar-refractivity contribution in [2.45, 2.75) is 68.3 Å². The average molecular weight is 639 g/mol. The van der Waals surface area contributed by atoms with Crippen molar-refractivity contribution in [3.05, 3.63) is 40.6 Å². The molecule has 16 heteroatoms. The first-order valence-electron chi connectivity index (χ1n) is 13.8. The van der Waals surface area contributed by atoms with Crippen molar-refractivity contribution in [1.29, 1.82) is 0 Å². The maximum atomic E-state index is 14.0. The van der Waals surface area contributed by atoms with Crippen LogP contribution in [0.4, 0.5) is 0 Å². The summed E-state index contributed by atoms with van der Waals surface area (Å²) in [5.74, 6) is -1.45. The molecule has 0 bridgehead atoms. The molecule has 1 aromatic heterocycles. The molecule has 2 saturated heterocycles. The first kappa shape index (κ1) is 32.7. The highest BCUT2D eigenvalue weighted by Crippen LogP contribution is 2.40. The van der Waals surface area contributed by atoms with Crippen molar-refractivity contribution < 1.29 is 73.7 Å². The molecule has 3 heterocycles. The second kappa shape index (κ2) is 13.0. The molecule has 16 nitrogen and oxygen atoms in total. The zero-order valence-corrected chi connectivity index (χ0v) is 24.2. The van der Waals surface area contributed by atoms with Gasteiger partial charge >= 0.3 is 0 Å². The van der Waals surface area contributed by atoms with Gasteiger partial charge in [0.2, 0.25) is 17.5 Å². The van der Waals surface area contributed by atoms with Gasteiger partial charge in [-0.15, -0.1) is 0 Å². The highest BCUT2D eigenvalue weighted by Gasteiger charge is 2.51. The number of phenols is 2. The van der Waals surface area contributed by atoms with Crippen molar-refractivity contribution in [3.63, 3.8) is 0 Å². The van der Waals surface area contributed by atoms with Gasteiger partial charge in [0.1, 0.15) is 59.1 Å². The van der Waals surface area contributed by atoms with E-state index in [0.717, 1.165) is 0 Å². The number of benzene rings is 2. The lowest BCUT2D eigenvalue weighted by Crippen LogP contribution is -2.64. The second-order valence-corrected chi connectivity index (χ2v) is 10.6. The molecule has 0 spiro atoms. The van der Waals surface area contributed by atoms with Crippen molar-refractivity contribution in [2.24, 2.45) is 0 Å². The highest BCUT2D eigenvalue weighted by molar-refractivity contribution is 5.88. The predicted molar refractivity (Wildman–Crippen MR) is 150 cm³/mol. The maximum absolute atomic E-state index is 14.0. The molecule has 45 heavy (non-hydrogen) atoms.